The fraction of sp³-hybridized carbons (Fsp3) is 0.217. The van der Waals surface area contributed by atoms with Crippen molar-refractivity contribution in [3.05, 3.63) is 70.8 Å². The molecule has 0 saturated carbocycles. The van der Waals surface area contributed by atoms with Crippen LogP contribution in [-0.2, 0) is 4.74 Å². The van der Waals surface area contributed by atoms with Crippen molar-refractivity contribution < 1.29 is 19.4 Å². The average molecular weight is 454 g/mol. The molecule has 1 atom stereocenters. The topological polar surface area (TPSA) is 68.7 Å². The van der Waals surface area contributed by atoms with Gasteiger partial charge in [-0.25, -0.2) is 9.78 Å². The maximum Gasteiger partial charge on any atom is 0.354 e. The summed E-state index contributed by atoms with van der Waals surface area (Å²) in [7, 11) is 0. The highest BCUT2D eigenvalue weighted by Crippen LogP contribution is 2.38. The van der Waals surface area contributed by atoms with Gasteiger partial charge in [-0.05, 0) is 42.3 Å². The number of carbonyl (C=O) groups is 1. The first-order chi connectivity index (χ1) is 14.1. The van der Waals surface area contributed by atoms with E-state index in [-0.39, 0.29) is 5.69 Å². The van der Waals surface area contributed by atoms with Crippen LogP contribution in [0.1, 0.15) is 16.9 Å². The average Bonchev–Trinajstić information content (AvgIpc) is 3.26. The van der Waals surface area contributed by atoms with E-state index in [0.717, 1.165) is 46.5 Å². The number of hydrogen-bond acceptors (Lipinski definition) is 4. The van der Waals surface area contributed by atoms with E-state index in [2.05, 4.69) is 20.9 Å². The van der Waals surface area contributed by atoms with Crippen LogP contribution in [0.15, 0.2) is 65.1 Å². The Bertz CT molecular complexity index is 1030. The predicted molar refractivity (Wildman–Crippen MR) is 114 cm³/mol. The number of carboxylic acids is 1. The van der Waals surface area contributed by atoms with E-state index < -0.39 is 5.97 Å². The van der Waals surface area contributed by atoms with E-state index in [4.69, 9.17) is 9.47 Å². The molecule has 2 heterocycles. The lowest BCUT2D eigenvalue weighted by Crippen LogP contribution is -2.12. The molecule has 0 spiro atoms. The van der Waals surface area contributed by atoms with Crippen LogP contribution in [0.5, 0.6) is 5.75 Å². The third-order valence-electron chi connectivity index (χ3n) is 4.90. The zero-order valence-electron chi connectivity index (χ0n) is 15.7. The summed E-state index contributed by atoms with van der Waals surface area (Å²) < 4.78 is 12.5. The number of hydrogen-bond donors (Lipinski definition) is 1. The monoisotopic (exact) mass is 453 g/mol. The van der Waals surface area contributed by atoms with Gasteiger partial charge in [0.1, 0.15) is 11.4 Å². The first-order valence-electron chi connectivity index (χ1n) is 9.42. The fourth-order valence-corrected chi connectivity index (χ4v) is 3.77. The summed E-state index contributed by atoms with van der Waals surface area (Å²) in [4.78, 5) is 15.7. The quantitative estimate of drug-likeness (QED) is 0.548. The minimum atomic E-state index is -1.05. The van der Waals surface area contributed by atoms with Crippen molar-refractivity contribution in [2.24, 2.45) is 5.92 Å². The van der Waals surface area contributed by atoms with Crippen LogP contribution < -0.4 is 4.74 Å². The van der Waals surface area contributed by atoms with Crippen LogP contribution in [0.25, 0.3) is 22.4 Å². The minimum absolute atomic E-state index is 0.0178. The Balaban J connectivity index is 1.74. The summed E-state index contributed by atoms with van der Waals surface area (Å²) in [5.41, 5.74) is 3.33. The lowest BCUT2D eigenvalue weighted by atomic mass is 9.96. The maximum absolute atomic E-state index is 11.4. The number of aromatic nitrogens is 1. The molecule has 1 fully saturated rings. The molecule has 0 bridgehead atoms. The molecule has 0 radical (unpaired) electrons. The molecule has 148 valence electrons. The van der Waals surface area contributed by atoms with Gasteiger partial charge in [0.2, 0.25) is 0 Å². The molecular formula is C23H20BrNO4. The Hall–Kier alpha value is -2.70. The standard InChI is InChI=1S/C23H20BrNO4/c24-16-8-9-22(29-14-15-10-11-28-13-15)19(12-16)17-4-1-2-5-18(17)20-6-3-7-21(25-20)23(26)27/h1-9,12,15H,10-11,13-14H2,(H,26,27)/t15-/m1/s1. The Morgan fingerprint density at radius 2 is 1.93 bits per heavy atom. The van der Waals surface area contributed by atoms with Gasteiger partial charge in [-0.2, -0.15) is 0 Å². The van der Waals surface area contributed by atoms with Gasteiger partial charge in [-0.15, -0.1) is 0 Å². The van der Waals surface area contributed by atoms with Crippen LogP contribution in [0.4, 0.5) is 0 Å². The summed E-state index contributed by atoms with van der Waals surface area (Å²) in [5.74, 6) is 0.132. The molecule has 1 N–H and O–H groups in total. The molecule has 6 heteroatoms. The molecule has 1 aliphatic heterocycles. The molecule has 0 unspecified atom stereocenters. The molecule has 0 amide bonds. The molecule has 1 aromatic heterocycles. The van der Waals surface area contributed by atoms with Crippen molar-refractivity contribution in [1.82, 2.24) is 4.98 Å². The Kier molecular flexibility index (Phi) is 5.92. The van der Waals surface area contributed by atoms with Crippen molar-refractivity contribution in [2.45, 2.75) is 6.42 Å². The van der Waals surface area contributed by atoms with E-state index in [1.807, 2.05) is 48.5 Å². The molecule has 2 aromatic carbocycles. The first-order valence-corrected chi connectivity index (χ1v) is 10.2. The molecule has 0 aliphatic carbocycles. The zero-order chi connectivity index (χ0) is 20.2. The van der Waals surface area contributed by atoms with E-state index >= 15 is 0 Å². The maximum atomic E-state index is 11.4. The minimum Gasteiger partial charge on any atom is -0.493 e. The third kappa shape index (κ3) is 4.49. The number of benzene rings is 2. The van der Waals surface area contributed by atoms with Gasteiger partial charge in [0.15, 0.2) is 0 Å². The number of aromatic carboxylic acids is 1. The normalized spacial score (nSPS) is 16.0. The van der Waals surface area contributed by atoms with Gasteiger partial charge in [0.05, 0.1) is 18.9 Å². The van der Waals surface area contributed by atoms with Crippen molar-refractivity contribution in [1.29, 1.82) is 0 Å². The molecule has 29 heavy (non-hydrogen) atoms. The van der Waals surface area contributed by atoms with Gasteiger partial charge < -0.3 is 14.6 Å². The number of pyridine rings is 1. The predicted octanol–water partition coefficient (Wildman–Crippen LogP) is 5.29. The Morgan fingerprint density at radius 3 is 2.69 bits per heavy atom. The number of halogens is 1. The fourth-order valence-electron chi connectivity index (χ4n) is 3.41. The van der Waals surface area contributed by atoms with E-state index in [0.29, 0.717) is 18.2 Å². The number of nitrogens with zero attached hydrogens (tertiary/aromatic N) is 1. The van der Waals surface area contributed by atoms with Crippen LogP contribution in [-0.4, -0.2) is 35.9 Å². The van der Waals surface area contributed by atoms with E-state index in [9.17, 15) is 9.90 Å². The Labute approximate surface area is 177 Å². The summed E-state index contributed by atoms with van der Waals surface area (Å²) in [6, 6.07) is 18.8. The molecule has 1 aliphatic rings. The van der Waals surface area contributed by atoms with E-state index in [1.165, 1.54) is 6.07 Å². The van der Waals surface area contributed by atoms with Crippen molar-refractivity contribution >= 4 is 21.9 Å². The Morgan fingerprint density at radius 1 is 1.10 bits per heavy atom. The number of rotatable bonds is 6. The van der Waals surface area contributed by atoms with E-state index in [1.54, 1.807) is 6.07 Å². The van der Waals surface area contributed by atoms with Gasteiger partial charge >= 0.3 is 5.97 Å². The molecule has 1 saturated heterocycles. The highest BCUT2D eigenvalue weighted by molar-refractivity contribution is 9.10. The lowest BCUT2D eigenvalue weighted by molar-refractivity contribution is 0.0690. The highest BCUT2D eigenvalue weighted by atomic mass is 79.9. The highest BCUT2D eigenvalue weighted by Gasteiger charge is 2.19. The molecular weight excluding hydrogens is 434 g/mol. The number of ether oxygens (including phenoxy) is 2. The smallest absolute Gasteiger partial charge is 0.354 e. The van der Waals surface area contributed by atoms with Crippen molar-refractivity contribution in [3.63, 3.8) is 0 Å². The van der Waals surface area contributed by atoms with Crippen molar-refractivity contribution in [3.8, 4) is 28.1 Å². The molecule has 4 rings (SSSR count). The summed E-state index contributed by atoms with van der Waals surface area (Å²) in [6.45, 7) is 2.12. The van der Waals surface area contributed by atoms with Crippen LogP contribution >= 0.6 is 15.9 Å². The summed E-state index contributed by atoms with van der Waals surface area (Å²) in [5, 5.41) is 9.30. The SMILES string of the molecule is O=C(O)c1cccc(-c2ccccc2-c2cc(Br)ccc2OC[C@@H]2CCOC2)n1. The molecule has 5 nitrogen and oxygen atoms in total. The summed E-state index contributed by atoms with van der Waals surface area (Å²) >= 11 is 3.55. The van der Waals surface area contributed by atoms with Gasteiger partial charge in [-0.1, -0.05) is 46.3 Å². The zero-order valence-corrected chi connectivity index (χ0v) is 17.3. The van der Waals surface area contributed by atoms with Crippen LogP contribution in [0, 0.1) is 5.92 Å². The first kappa shape index (κ1) is 19.6. The third-order valence-corrected chi connectivity index (χ3v) is 5.39. The van der Waals surface area contributed by atoms with Gasteiger partial charge in [0, 0.05) is 28.1 Å². The van der Waals surface area contributed by atoms with Crippen LogP contribution in [0.3, 0.4) is 0 Å². The molecule has 3 aromatic rings. The van der Waals surface area contributed by atoms with Gasteiger partial charge in [0.25, 0.3) is 0 Å². The second-order valence-electron chi connectivity index (χ2n) is 6.94. The largest absolute Gasteiger partial charge is 0.493 e. The van der Waals surface area contributed by atoms with Crippen molar-refractivity contribution in [2.75, 3.05) is 19.8 Å². The van der Waals surface area contributed by atoms with Crippen LogP contribution in [0.2, 0.25) is 0 Å². The lowest BCUT2D eigenvalue weighted by Gasteiger charge is -2.17. The number of carboxylic acid groups (broad SMARTS) is 1. The van der Waals surface area contributed by atoms with Gasteiger partial charge in [-0.3, -0.25) is 0 Å². The second-order valence-corrected chi connectivity index (χ2v) is 7.86. The second kappa shape index (κ2) is 8.76. The summed E-state index contributed by atoms with van der Waals surface area (Å²) in [6.07, 6.45) is 1.01.